The van der Waals surface area contributed by atoms with E-state index in [9.17, 15) is 0 Å². The second-order valence-electron chi connectivity index (χ2n) is 4.41. The first-order valence-corrected chi connectivity index (χ1v) is 6.54. The lowest BCUT2D eigenvalue weighted by Gasteiger charge is -2.33. The number of piperidine rings is 1. The summed E-state index contributed by atoms with van der Waals surface area (Å²) in [5, 5.41) is 0. The monoisotopic (exact) mass is 267 g/mol. The van der Waals surface area contributed by atoms with E-state index < -0.39 is 0 Å². The van der Waals surface area contributed by atoms with E-state index in [0.29, 0.717) is 0 Å². The molecule has 0 N–H and O–H groups in total. The Morgan fingerprint density at radius 2 is 2.13 bits per heavy atom. The Morgan fingerprint density at radius 1 is 1.33 bits per heavy atom. The van der Waals surface area contributed by atoms with Gasteiger partial charge in [-0.3, -0.25) is 4.90 Å². The average molecular weight is 268 g/mol. The first-order chi connectivity index (χ1) is 7.27. The second-order valence-corrected chi connectivity index (χ2v) is 5.26. The van der Waals surface area contributed by atoms with E-state index in [2.05, 4.69) is 52.0 Å². The molecule has 1 aromatic carbocycles. The molecule has 0 amide bonds. The molecule has 0 bridgehead atoms. The van der Waals surface area contributed by atoms with Crippen molar-refractivity contribution in [3.8, 4) is 0 Å². The minimum absolute atomic E-state index is 0.742. The van der Waals surface area contributed by atoms with Gasteiger partial charge >= 0.3 is 0 Å². The number of likely N-dealkylation sites (tertiary alicyclic amines) is 1. The molecule has 0 aliphatic carbocycles. The van der Waals surface area contributed by atoms with E-state index in [0.717, 1.165) is 12.6 Å². The lowest BCUT2D eigenvalue weighted by Crippen LogP contribution is -2.36. The smallest absolute Gasteiger partial charge is 0.0247 e. The van der Waals surface area contributed by atoms with Crippen LogP contribution in [0, 0.1) is 0 Å². The summed E-state index contributed by atoms with van der Waals surface area (Å²) in [7, 11) is 0. The predicted octanol–water partition coefficient (Wildman–Crippen LogP) is 3.82. The largest absolute Gasteiger partial charge is 0.296 e. The zero-order valence-electron chi connectivity index (χ0n) is 9.25. The van der Waals surface area contributed by atoms with Crippen LogP contribution in [-0.2, 0) is 6.54 Å². The van der Waals surface area contributed by atoms with Crippen molar-refractivity contribution in [3.63, 3.8) is 0 Å². The number of nitrogens with zero attached hydrogens (tertiary/aromatic N) is 1. The van der Waals surface area contributed by atoms with Gasteiger partial charge in [-0.1, -0.05) is 40.5 Å². The van der Waals surface area contributed by atoms with Gasteiger partial charge in [0.15, 0.2) is 0 Å². The van der Waals surface area contributed by atoms with E-state index in [1.54, 1.807) is 0 Å². The molecule has 1 aromatic rings. The molecule has 82 valence electrons. The molecule has 15 heavy (non-hydrogen) atoms. The van der Waals surface area contributed by atoms with Gasteiger partial charge in [-0.15, -0.1) is 0 Å². The van der Waals surface area contributed by atoms with Crippen molar-refractivity contribution < 1.29 is 0 Å². The van der Waals surface area contributed by atoms with Crippen molar-refractivity contribution in [2.24, 2.45) is 0 Å². The van der Waals surface area contributed by atoms with E-state index in [4.69, 9.17) is 0 Å². The zero-order chi connectivity index (χ0) is 10.7. The van der Waals surface area contributed by atoms with Crippen molar-refractivity contribution in [2.45, 2.75) is 38.8 Å². The second kappa shape index (κ2) is 5.13. The molecule has 2 rings (SSSR count). The highest BCUT2D eigenvalue weighted by Gasteiger charge is 2.18. The summed E-state index contributed by atoms with van der Waals surface area (Å²) in [6, 6.07) is 9.28. The third-order valence-corrected chi connectivity index (χ3v) is 4.05. The van der Waals surface area contributed by atoms with Crippen LogP contribution in [0.3, 0.4) is 0 Å². The van der Waals surface area contributed by atoms with Crippen molar-refractivity contribution in [2.75, 3.05) is 6.54 Å². The Kier molecular flexibility index (Phi) is 3.81. The number of rotatable bonds is 2. The summed E-state index contributed by atoms with van der Waals surface area (Å²) in [6.45, 7) is 4.68. The fourth-order valence-electron chi connectivity index (χ4n) is 2.24. The lowest BCUT2D eigenvalue weighted by atomic mass is 10.0. The van der Waals surface area contributed by atoms with Crippen LogP contribution in [0.25, 0.3) is 0 Å². The summed E-state index contributed by atoms with van der Waals surface area (Å²) in [6.07, 6.45) is 4.10. The van der Waals surface area contributed by atoms with Crippen LogP contribution in [0.15, 0.2) is 28.7 Å². The normalized spacial score (nSPS) is 22.9. The molecule has 1 saturated heterocycles. The first kappa shape index (κ1) is 11.2. The molecular formula is C13H18BrN. The minimum Gasteiger partial charge on any atom is -0.296 e. The number of halogens is 1. The molecule has 0 aromatic heterocycles. The molecule has 1 heterocycles. The van der Waals surface area contributed by atoms with Crippen LogP contribution in [0.4, 0.5) is 0 Å². The highest BCUT2D eigenvalue weighted by atomic mass is 79.9. The fraction of sp³-hybridized carbons (Fsp3) is 0.538. The average Bonchev–Trinajstić information content (AvgIpc) is 2.24. The number of hydrogen-bond acceptors (Lipinski definition) is 1. The Hall–Kier alpha value is -0.340. The van der Waals surface area contributed by atoms with Gasteiger partial charge in [-0.25, -0.2) is 0 Å². The van der Waals surface area contributed by atoms with Crippen LogP contribution < -0.4 is 0 Å². The van der Waals surface area contributed by atoms with Crippen LogP contribution in [-0.4, -0.2) is 17.5 Å². The molecule has 0 spiro atoms. The number of benzene rings is 1. The van der Waals surface area contributed by atoms with Gasteiger partial charge in [0.25, 0.3) is 0 Å². The summed E-state index contributed by atoms with van der Waals surface area (Å²) in [5.41, 5.74) is 1.41. The molecule has 2 heteroatoms. The molecule has 1 aliphatic rings. The standard InChI is InChI=1S/C13H18BrN/c1-11-6-4-5-9-15(11)10-12-7-2-3-8-13(12)14/h2-3,7-8,11H,4-6,9-10H2,1H3/t11-/m0/s1. The Balaban J connectivity index is 2.04. The first-order valence-electron chi connectivity index (χ1n) is 5.75. The Labute approximate surface area is 101 Å². The van der Waals surface area contributed by atoms with Gasteiger partial charge in [-0.2, -0.15) is 0 Å². The Morgan fingerprint density at radius 3 is 2.87 bits per heavy atom. The third-order valence-electron chi connectivity index (χ3n) is 3.27. The van der Waals surface area contributed by atoms with Gasteiger partial charge in [-0.05, 0) is 37.9 Å². The van der Waals surface area contributed by atoms with Gasteiger partial charge in [0.1, 0.15) is 0 Å². The molecule has 1 fully saturated rings. The molecular weight excluding hydrogens is 250 g/mol. The van der Waals surface area contributed by atoms with Crippen LogP contribution >= 0.6 is 15.9 Å². The molecule has 1 aliphatic heterocycles. The summed E-state index contributed by atoms with van der Waals surface area (Å²) >= 11 is 3.62. The maximum atomic E-state index is 3.62. The van der Waals surface area contributed by atoms with E-state index >= 15 is 0 Å². The maximum Gasteiger partial charge on any atom is 0.0247 e. The predicted molar refractivity (Wildman–Crippen MR) is 67.9 cm³/mol. The van der Waals surface area contributed by atoms with E-state index in [1.165, 1.54) is 35.8 Å². The summed E-state index contributed by atoms with van der Waals surface area (Å²) < 4.78 is 1.24. The van der Waals surface area contributed by atoms with Gasteiger partial charge in [0.05, 0.1) is 0 Å². The highest BCUT2D eigenvalue weighted by molar-refractivity contribution is 9.10. The van der Waals surface area contributed by atoms with Crippen LogP contribution in [0.1, 0.15) is 31.7 Å². The van der Waals surface area contributed by atoms with Crippen molar-refractivity contribution in [1.82, 2.24) is 4.90 Å². The maximum absolute atomic E-state index is 3.62. The molecule has 1 atom stereocenters. The molecule has 0 unspecified atom stereocenters. The quantitative estimate of drug-likeness (QED) is 0.788. The van der Waals surface area contributed by atoms with E-state index in [1.807, 2.05) is 0 Å². The molecule has 0 saturated carbocycles. The third kappa shape index (κ3) is 2.82. The van der Waals surface area contributed by atoms with Crippen molar-refractivity contribution in [1.29, 1.82) is 0 Å². The van der Waals surface area contributed by atoms with E-state index in [-0.39, 0.29) is 0 Å². The van der Waals surface area contributed by atoms with Crippen molar-refractivity contribution >= 4 is 15.9 Å². The van der Waals surface area contributed by atoms with Gasteiger partial charge in [0, 0.05) is 17.1 Å². The SMILES string of the molecule is C[C@H]1CCCCN1Cc1ccccc1Br. The number of hydrogen-bond donors (Lipinski definition) is 0. The fourth-order valence-corrected chi connectivity index (χ4v) is 2.65. The van der Waals surface area contributed by atoms with Gasteiger partial charge < -0.3 is 0 Å². The molecule has 0 radical (unpaired) electrons. The lowest BCUT2D eigenvalue weighted by molar-refractivity contribution is 0.152. The minimum atomic E-state index is 0.742. The summed E-state index contributed by atoms with van der Waals surface area (Å²) in [5.74, 6) is 0. The van der Waals surface area contributed by atoms with Crippen LogP contribution in [0.5, 0.6) is 0 Å². The van der Waals surface area contributed by atoms with Gasteiger partial charge in [0.2, 0.25) is 0 Å². The van der Waals surface area contributed by atoms with Crippen molar-refractivity contribution in [3.05, 3.63) is 34.3 Å². The zero-order valence-corrected chi connectivity index (χ0v) is 10.8. The molecule has 1 nitrogen and oxygen atoms in total. The highest BCUT2D eigenvalue weighted by Crippen LogP contribution is 2.22. The Bertz CT molecular complexity index is 324. The summed E-state index contributed by atoms with van der Waals surface area (Å²) in [4.78, 5) is 2.59. The topological polar surface area (TPSA) is 3.24 Å². The van der Waals surface area contributed by atoms with Crippen LogP contribution in [0.2, 0.25) is 0 Å².